The highest BCUT2D eigenvalue weighted by molar-refractivity contribution is 7.07. The number of likely N-dealkylation sites (N-methyl/N-ethyl adjacent to an activating group) is 1. The maximum atomic E-state index is 12.4. The molecule has 3 amide bonds. The molecule has 8 heteroatoms. The van der Waals surface area contributed by atoms with Gasteiger partial charge in [0.1, 0.15) is 6.54 Å². The number of carbonyl (C=O) groups excluding carboxylic acids is 3. The highest BCUT2D eigenvalue weighted by atomic mass is 35.5. The Labute approximate surface area is 152 Å². The zero-order valence-corrected chi connectivity index (χ0v) is 14.9. The molecule has 0 fully saturated rings. The van der Waals surface area contributed by atoms with Crippen LogP contribution in [0.1, 0.15) is 26.3 Å². The van der Waals surface area contributed by atoms with E-state index in [0.717, 1.165) is 10.5 Å². The molecule has 0 saturated heterocycles. The number of rotatable bonds is 4. The monoisotopic (exact) mass is 382 g/mol. The summed E-state index contributed by atoms with van der Waals surface area (Å²) in [5.74, 6) is -1.40. The minimum Gasteiger partial charge on any atom is -0.340 e. The molecule has 0 spiro atoms. The van der Waals surface area contributed by atoms with Gasteiger partial charge < -0.3 is 4.90 Å². The Morgan fingerprint density at radius 2 is 1.75 bits per heavy atom. The first-order valence-corrected chi connectivity index (χ1v) is 8.68. The van der Waals surface area contributed by atoms with Crippen LogP contribution in [-0.2, 0) is 11.3 Å². The summed E-state index contributed by atoms with van der Waals surface area (Å²) in [6, 6.07) is 4.64. The molecule has 124 valence electrons. The van der Waals surface area contributed by atoms with E-state index in [1.54, 1.807) is 7.05 Å². The Morgan fingerprint density at radius 3 is 2.25 bits per heavy atom. The van der Waals surface area contributed by atoms with E-state index in [0.29, 0.717) is 6.54 Å². The first kappa shape index (κ1) is 17.0. The fraction of sp³-hybridized carbons (Fsp3) is 0.188. The van der Waals surface area contributed by atoms with Crippen LogP contribution in [0, 0.1) is 0 Å². The van der Waals surface area contributed by atoms with E-state index in [1.165, 1.54) is 28.4 Å². The van der Waals surface area contributed by atoms with Crippen molar-refractivity contribution in [2.24, 2.45) is 0 Å². The molecular formula is C16H12Cl2N2O3S. The van der Waals surface area contributed by atoms with Crippen molar-refractivity contribution in [2.75, 3.05) is 13.6 Å². The Balaban J connectivity index is 1.75. The average Bonchev–Trinajstić information content (AvgIpc) is 3.12. The number of imide groups is 1. The lowest BCUT2D eigenvalue weighted by atomic mass is 10.1. The number of nitrogens with zero attached hydrogens (tertiary/aromatic N) is 2. The summed E-state index contributed by atoms with van der Waals surface area (Å²) >= 11 is 13.3. The molecule has 24 heavy (non-hydrogen) atoms. The number of amides is 3. The molecule has 1 aromatic heterocycles. The van der Waals surface area contributed by atoms with Crippen LogP contribution in [0.2, 0.25) is 10.0 Å². The Kier molecular flexibility index (Phi) is 4.62. The standard InChI is InChI=1S/C16H12Cl2N2O3S/c1-19(6-9-2-3-24-8-9)14(21)7-20-15(22)10-4-12(17)13(18)5-11(10)16(20)23/h2-5,8H,6-7H2,1H3. The molecule has 2 aromatic rings. The van der Waals surface area contributed by atoms with E-state index in [9.17, 15) is 14.4 Å². The van der Waals surface area contributed by atoms with Crippen LogP contribution in [0.25, 0.3) is 0 Å². The highest BCUT2D eigenvalue weighted by Gasteiger charge is 2.37. The van der Waals surface area contributed by atoms with Crippen molar-refractivity contribution in [3.8, 4) is 0 Å². The molecule has 0 bridgehead atoms. The van der Waals surface area contributed by atoms with Crippen molar-refractivity contribution in [2.45, 2.75) is 6.54 Å². The fourth-order valence-corrected chi connectivity index (χ4v) is 3.42. The summed E-state index contributed by atoms with van der Waals surface area (Å²) in [7, 11) is 1.63. The van der Waals surface area contributed by atoms with E-state index < -0.39 is 11.8 Å². The van der Waals surface area contributed by atoms with Gasteiger partial charge >= 0.3 is 0 Å². The molecule has 0 unspecified atom stereocenters. The van der Waals surface area contributed by atoms with Crippen LogP contribution >= 0.6 is 34.5 Å². The van der Waals surface area contributed by atoms with Crippen LogP contribution in [0.5, 0.6) is 0 Å². The van der Waals surface area contributed by atoms with Crippen LogP contribution in [0.15, 0.2) is 29.0 Å². The molecule has 1 aliphatic heterocycles. The topological polar surface area (TPSA) is 57.7 Å². The second-order valence-corrected chi connectivity index (χ2v) is 6.98. The molecule has 0 N–H and O–H groups in total. The number of carbonyl (C=O) groups is 3. The van der Waals surface area contributed by atoms with E-state index in [2.05, 4.69) is 0 Å². The number of hydrogen-bond acceptors (Lipinski definition) is 4. The predicted molar refractivity (Wildman–Crippen MR) is 92.6 cm³/mol. The first-order chi connectivity index (χ1) is 11.4. The maximum absolute atomic E-state index is 12.4. The zero-order valence-electron chi connectivity index (χ0n) is 12.6. The van der Waals surface area contributed by atoms with Crippen LogP contribution in [0.3, 0.4) is 0 Å². The number of halogens is 2. The van der Waals surface area contributed by atoms with Gasteiger partial charge in [-0.2, -0.15) is 11.3 Å². The van der Waals surface area contributed by atoms with Crippen molar-refractivity contribution in [1.82, 2.24) is 9.80 Å². The van der Waals surface area contributed by atoms with Gasteiger partial charge in [0, 0.05) is 13.6 Å². The Bertz CT molecular complexity index is 795. The van der Waals surface area contributed by atoms with E-state index >= 15 is 0 Å². The van der Waals surface area contributed by atoms with Crippen LogP contribution in [-0.4, -0.2) is 41.1 Å². The van der Waals surface area contributed by atoms with E-state index in [4.69, 9.17) is 23.2 Å². The summed E-state index contributed by atoms with van der Waals surface area (Å²) in [5, 5.41) is 4.25. The van der Waals surface area contributed by atoms with Gasteiger partial charge in [-0.15, -0.1) is 0 Å². The lowest BCUT2D eigenvalue weighted by molar-refractivity contribution is -0.130. The number of hydrogen-bond donors (Lipinski definition) is 0. The summed E-state index contributed by atoms with van der Waals surface area (Å²) in [6.07, 6.45) is 0. The lowest BCUT2D eigenvalue weighted by Crippen LogP contribution is -2.40. The summed E-state index contributed by atoms with van der Waals surface area (Å²) in [4.78, 5) is 39.5. The van der Waals surface area contributed by atoms with Crippen molar-refractivity contribution >= 4 is 52.3 Å². The molecule has 0 aliphatic carbocycles. The fourth-order valence-electron chi connectivity index (χ4n) is 2.43. The van der Waals surface area contributed by atoms with Gasteiger partial charge in [-0.05, 0) is 34.5 Å². The number of thiophene rings is 1. The molecule has 2 heterocycles. The Morgan fingerprint density at radius 1 is 1.17 bits per heavy atom. The summed E-state index contributed by atoms with van der Waals surface area (Å²) in [6.45, 7) is 0.103. The van der Waals surface area contributed by atoms with Crippen molar-refractivity contribution in [3.63, 3.8) is 0 Å². The summed E-state index contributed by atoms with van der Waals surface area (Å²) < 4.78 is 0. The normalized spacial score (nSPS) is 13.4. The molecule has 1 aliphatic rings. The number of benzene rings is 1. The first-order valence-electron chi connectivity index (χ1n) is 6.98. The molecule has 0 atom stereocenters. The van der Waals surface area contributed by atoms with Gasteiger partial charge in [0.05, 0.1) is 21.2 Å². The zero-order chi connectivity index (χ0) is 17.4. The van der Waals surface area contributed by atoms with Gasteiger partial charge in [0.15, 0.2) is 0 Å². The van der Waals surface area contributed by atoms with E-state index in [-0.39, 0.29) is 33.6 Å². The SMILES string of the molecule is CN(Cc1ccsc1)C(=O)CN1C(=O)c2cc(Cl)c(Cl)cc2C1=O. The highest BCUT2D eigenvalue weighted by Crippen LogP contribution is 2.31. The smallest absolute Gasteiger partial charge is 0.262 e. The molecule has 3 rings (SSSR count). The third kappa shape index (κ3) is 3.05. The minimum absolute atomic E-state index is 0.169. The quantitative estimate of drug-likeness (QED) is 0.762. The van der Waals surface area contributed by atoms with Crippen molar-refractivity contribution in [1.29, 1.82) is 0 Å². The maximum Gasteiger partial charge on any atom is 0.262 e. The van der Waals surface area contributed by atoms with Crippen LogP contribution < -0.4 is 0 Å². The van der Waals surface area contributed by atoms with Crippen molar-refractivity contribution < 1.29 is 14.4 Å². The summed E-state index contributed by atoms with van der Waals surface area (Å²) in [5.41, 5.74) is 1.34. The van der Waals surface area contributed by atoms with Gasteiger partial charge in [0.2, 0.25) is 5.91 Å². The van der Waals surface area contributed by atoms with Gasteiger partial charge in [-0.3, -0.25) is 19.3 Å². The third-order valence-corrected chi connectivity index (χ3v) is 5.18. The third-order valence-electron chi connectivity index (χ3n) is 3.73. The second kappa shape index (κ2) is 6.55. The predicted octanol–water partition coefficient (Wildman–Crippen LogP) is 3.31. The van der Waals surface area contributed by atoms with Gasteiger partial charge in [-0.25, -0.2) is 0 Å². The number of fused-ring (bicyclic) bond motifs is 1. The van der Waals surface area contributed by atoms with Gasteiger partial charge in [0.25, 0.3) is 11.8 Å². The molecule has 0 saturated carbocycles. The molecular weight excluding hydrogens is 371 g/mol. The average molecular weight is 383 g/mol. The van der Waals surface area contributed by atoms with Gasteiger partial charge in [-0.1, -0.05) is 23.2 Å². The van der Waals surface area contributed by atoms with E-state index in [1.807, 2.05) is 16.8 Å². The van der Waals surface area contributed by atoms with Crippen LogP contribution in [0.4, 0.5) is 0 Å². The molecule has 5 nitrogen and oxygen atoms in total. The lowest BCUT2D eigenvalue weighted by Gasteiger charge is -2.20. The molecule has 1 aromatic carbocycles. The van der Waals surface area contributed by atoms with Crippen molar-refractivity contribution in [3.05, 3.63) is 55.7 Å². The second-order valence-electron chi connectivity index (χ2n) is 5.39. The molecule has 0 radical (unpaired) electrons. The Hall–Kier alpha value is -1.89. The largest absolute Gasteiger partial charge is 0.340 e. The minimum atomic E-state index is -0.536.